The third-order valence-corrected chi connectivity index (χ3v) is 2.66. The zero-order chi connectivity index (χ0) is 12.5. The van der Waals surface area contributed by atoms with Gasteiger partial charge in [0.1, 0.15) is 0 Å². The second kappa shape index (κ2) is 4.37. The highest BCUT2D eigenvalue weighted by Gasteiger charge is 2.40. The van der Waals surface area contributed by atoms with Crippen molar-refractivity contribution in [1.29, 1.82) is 0 Å². The van der Waals surface area contributed by atoms with Crippen molar-refractivity contribution in [2.75, 3.05) is 6.54 Å². The molecule has 17 heavy (non-hydrogen) atoms. The molecule has 1 aromatic rings. The molecule has 0 unspecified atom stereocenters. The number of fused-ring (bicyclic) bond motifs is 1. The van der Waals surface area contributed by atoms with E-state index in [-0.39, 0.29) is 0 Å². The molecule has 0 radical (unpaired) electrons. The van der Waals surface area contributed by atoms with Crippen molar-refractivity contribution >= 4 is 5.91 Å². The molecule has 1 heterocycles. The van der Waals surface area contributed by atoms with E-state index in [9.17, 15) is 18.0 Å². The molecule has 6 heteroatoms. The molecule has 1 atom stereocenters. The van der Waals surface area contributed by atoms with Crippen LogP contribution in [0.2, 0.25) is 0 Å². The molecule has 2 N–H and O–H groups in total. The lowest BCUT2D eigenvalue weighted by Gasteiger charge is -2.27. The summed E-state index contributed by atoms with van der Waals surface area (Å²) in [6.45, 7) is 0.910. The molecule has 1 aliphatic heterocycles. The molecule has 1 amide bonds. The van der Waals surface area contributed by atoms with E-state index in [1.807, 2.05) is 17.4 Å². The van der Waals surface area contributed by atoms with Crippen molar-refractivity contribution in [1.82, 2.24) is 10.6 Å². The van der Waals surface area contributed by atoms with E-state index in [1.54, 1.807) is 12.1 Å². The van der Waals surface area contributed by atoms with Gasteiger partial charge in [0.25, 0.3) is 0 Å². The molecule has 0 fully saturated rings. The fraction of sp³-hybridized carbons (Fsp3) is 0.364. The van der Waals surface area contributed by atoms with Crippen LogP contribution in [0, 0.1) is 0 Å². The first-order valence-corrected chi connectivity index (χ1v) is 5.14. The lowest BCUT2D eigenvalue weighted by molar-refractivity contribution is -0.174. The molecule has 0 aromatic heterocycles. The van der Waals surface area contributed by atoms with E-state index < -0.39 is 18.1 Å². The predicted molar refractivity (Wildman–Crippen MR) is 55.1 cm³/mol. The summed E-state index contributed by atoms with van der Waals surface area (Å²) in [6.07, 6.45) is -4.84. The first-order valence-electron chi connectivity index (χ1n) is 5.14. The lowest BCUT2D eigenvalue weighted by Crippen LogP contribution is -2.44. The maximum atomic E-state index is 12.1. The van der Waals surface area contributed by atoms with Gasteiger partial charge in [0.2, 0.25) is 0 Å². The number of hydrogen-bond acceptors (Lipinski definition) is 2. The van der Waals surface area contributed by atoms with Gasteiger partial charge in [-0.1, -0.05) is 24.3 Å². The third-order valence-electron chi connectivity index (χ3n) is 2.66. The van der Waals surface area contributed by atoms with Crippen LogP contribution in [0.3, 0.4) is 0 Å². The zero-order valence-corrected chi connectivity index (χ0v) is 8.84. The SMILES string of the molecule is O=C(N[C@@H]1CNCc2ccccc21)C(F)(F)F. The van der Waals surface area contributed by atoms with E-state index in [2.05, 4.69) is 5.32 Å². The predicted octanol–water partition coefficient (Wildman–Crippen LogP) is 1.51. The van der Waals surface area contributed by atoms with Crippen molar-refractivity contribution in [2.24, 2.45) is 0 Å². The lowest BCUT2D eigenvalue weighted by atomic mass is 9.97. The summed E-state index contributed by atoms with van der Waals surface area (Å²) in [7, 11) is 0. The van der Waals surface area contributed by atoms with E-state index in [4.69, 9.17) is 0 Å². The zero-order valence-electron chi connectivity index (χ0n) is 8.84. The molecule has 2 rings (SSSR count). The number of carbonyl (C=O) groups excluding carboxylic acids is 1. The summed E-state index contributed by atoms with van der Waals surface area (Å²) in [5.41, 5.74) is 1.65. The summed E-state index contributed by atoms with van der Waals surface area (Å²) < 4.78 is 36.4. The Bertz CT molecular complexity index is 431. The number of nitrogens with one attached hydrogen (secondary N) is 2. The maximum absolute atomic E-state index is 12.1. The summed E-state index contributed by atoms with van der Waals surface area (Å²) >= 11 is 0. The second-order valence-electron chi connectivity index (χ2n) is 3.85. The monoisotopic (exact) mass is 244 g/mol. The Balaban J connectivity index is 2.17. The van der Waals surface area contributed by atoms with Crippen LogP contribution in [0.25, 0.3) is 0 Å². The molecule has 0 aliphatic carbocycles. The largest absolute Gasteiger partial charge is 0.471 e. The fourth-order valence-electron chi connectivity index (χ4n) is 1.87. The Morgan fingerprint density at radius 3 is 2.76 bits per heavy atom. The van der Waals surface area contributed by atoms with Crippen LogP contribution in [0.1, 0.15) is 17.2 Å². The minimum atomic E-state index is -4.84. The van der Waals surface area contributed by atoms with Crippen LogP contribution in [0.15, 0.2) is 24.3 Å². The van der Waals surface area contributed by atoms with Crippen LogP contribution in [-0.4, -0.2) is 18.6 Å². The Labute approximate surface area is 96.0 Å². The number of rotatable bonds is 1. The third kappa shape index (κ3) is 2.58. The van der Waals surface area contributed by atoms with Gasteiger partial charge >= 0.3 is 12.1 Å². The van der Waals surface area contributed by atoms with Crippen LogP contribution >= 0.6 is 0 Å². The molecule has 92 valence electrons. The van der Waals surface area contributed by atoms with Gasteiger partial charge < -0.3 is 10.6 Å². The van der Waals surface area contributed by atoms with Gasteiger partial charge in [-0.3, -0.25) is 4.79 Å². The highest BCUT2D eigenvalue weighted by molar-refractivity contribution is 5.82. The smallest absolute Gasteiger partial charge is 0.340 e. The average molecular weight is 244 g/mol. The molecule has 1 aromatic carbocycles. The number of amides is 1. The first kappa shape index (κ1) is 11.9. The van der Waals surface area contributed by atoms with Crippen LogP contribution < -0.4 is 10.6 Å². The van der Waals surface area contributed by atoms with E-state index in [0.717, 1.165) is 11.1 Å². The van der Waals surface area contributed by atoms with Gasteiger partial charge in [-0.25, -0.2) is 0 Å². The number of hydrogen-bond donors (Lipinski definition) is 2. The summed E-state index contributed by atoms with van der Waals surface area (Å²) in [4.78, 5) is 10.9. The molecular formula is C11H11F3N2O. The molecule has 0 spiro atoms. The van der Waals surface area contributed by atoms with Crippen LogP contribution in [0.4, 0.5) is 13.2 Å². The van der Waals surface area contributed by atoms with Gasteiger partial charge in [-0.2, -0.15) is 13.2 Å². The molecule has 0 bridgehead atoms. The van der Waals surface area contributed by atoms with Crippen molar-refractivity contribution in [3.05, 3.63) is 35.4 Å². The van der Waals surface area contributed by atoms with E-state index in [0.29, 0.717) is 13.1 Å². The Kier molecular flexibility index (Phi) is 3.06. The Hall–Kier alpha value is -1.56. The fourth-order valence-corrected chi connectivity index (χ4v) is 1.87. The minimum absolute atomic E-state index is 0.304. The highest BCUT2D eigenvalue weighted by Crippen LogP contribution is 2.23. The van der Waals surface area contributed by atoms with Crippen molar-refractivity contribution < 1.29 is 18.0 Å². The summed E-state index contributed by atoms with van der Waals surface area (Å²) in [6, 6.07) is 6.49. The van der Waals surface area contributed by atoms with Gasteiger partial charge in [-0.05, 0) is 11.1 Å². The van der Waals surface area contributed by atoms with Gasteiger partial charge in [-0.15, -0.1) is 0 Å². The normalized spacial score (nSPS) is 19.6. The van der Waals surface area contributed by atoms with Gasteiger partial charge in [0, 0.05) is 13.1 Å². The topological polar surface area (TPSA) is 41.1 Å². The molecule has 1 aliphatic rings. The first-order chi connectivity index (χ1) is 7.98. The maximum Gasteiger partial charge on any atom is 0.471 e. The van der Waals surface area contributed by atoms with E-state index in [1.165, 1.54) is 0 Å². The second-order valence-corrected chi connectivity index (χ2v) is 3.85. The number of benzene rings is 1. The number of carbonyl (C=O) groups is 1. The van der Waals surface area contributed by atoms with Gasteiger partial charge in [0.05, 0.1) is 6.04 Å². The average Bonchev–Trinajstić information content (AvgIpc) is 2.28. The molecule has 0 saturated carbocycles. The minimum Gasteiger partial charge on any atom is -0.340 e. The van der Waals surface area contributed by atoms with Crippen molar-refractivity contribution in [2.45, 2.75) is 18.8 Å². The van der Waals surface area contributed by atoms with Crippen molar-refractivity contribution in [3.8, 4) is 0 Å². The van der Waals surface area contributed by atoms with Crippen LogP contribution in [0.5, 0.6) is 0 Å². The van der Waals surface area contributed by atoms with Crippen molar-refractivity contribution in [3.63, 3.8) is 0 Å². The highest BCUT2D eigenvalue weighted by atomic mass is 19.4. The van der Waals surface area contributed by atoms with Gasteiger partial charge in [0.15, 0.2) is 0 Å². The van der Waals surface area contributed by atoms with Crippen LogP contribution in [-0.2, 0) is 11.3 Å². The summed E-state index contributed by atoms with van der Waals surface area (Å²) in [5.74, 6) is -1.90. The van der Waals surface area contributed by atoms with E-state index >= 15 is 0 Å². The standard InChI is InChI=1S/C11H11F3N2O/c12-11(13,14)10(17)16-9-6-15-5-7-3-1-2-4-8(7)9/h1-4,9,15H,5-6H2,(H,16,17)/t9-/m1/s1. The Morgan fingerprint density at radius 1 is 1.35 bits per heavy atom. The number of halogens is 3. The summed E-state index contributed by atoms with van der Waals surface area (Å²) in [5, 5.41) is 4.95. The molecular weight excluding hydrogens is 233 g/mol. The number of alkyl halides is 3. The quantitative estimate of drug-likeness (QED) is 0.786. The molecule has 3 nitrogen and oxygen atoms in total. The Morgan fingerprint density at radius 2 is 2.06 bits per heavy atom. The molecule has 0 saturated heterocycles.